The van der Waals surface area contributed by atoms with E-state index in [1.54, 1.807) is 38.1 Å². The number of rotatable bonds is 7. The molecule has 0 fully saturated rings. The summed E-state index contributed by atoms with van der Waals surface area (Å²) in [7, 11) is 0. The molecular weight excluding hydrogens is 436 g/mol. The molecule has 170 valence electrons. The number of hydrogen-bond donors (Lipinski definition) is 1. The first-order valence-electron chi connectivity index (χ1n) is 10.9. The van der Waals surface area contributed by atoms with Crippen LogP contribution in [-0.2, 0) is 11.3 Å². The molecule has 4 rings (SSSR count). The van der Waals surface area contributed by atoms with Gasteiger partial charge in [0.1, 0.15) is 11.3 Å². The Morgan fingerprint density at radius 3 is 2.42 bits per heavy atom. The Morgan fingerprint density at radius 1 is 1.06 bits per heavy atom. The molecule has 1 amide bonds. The Hall–Kier alpha value is -3.31. The van der Waals surface area contributed by atoms with Crippen LogP contribution in [-0.4, -0.2) is 16.5 Å². The monoisotopic (exact) mass is 462 g/mol. The van der Waals surface area contributed by atoms with Crippen molar-refractivity contribution in [3.8, 4) is 17.2 Å². The Balaban J connectivity index is 1.39. The van der Waals surface area contributed by atoms with E-state index in [0.29, 0.717) is 29.1 Å². The van der Waals surface area contributed by atoms with Crippen LogP contribution in [0, 0.1) is 0 Å². The second kappa shape index (κ2) is 9.28. The van der Waals surface area contributed by atoms with E-state index in [1.165, 1.54) is 5.56 Å². The quantitative estimate of drug-likeness (QED) is 0.330. The van der Waals surface area contributed by atoms with E-state index in [0.717, 1.165) is 22.2 Å². The normalized spacial score (nSPS) is 11.7. The molecule has 0 unspecified atom stereocenters. The van der Waals surface area contributed by atoms with E-state index in [2.05, 4.69) is 36.3 Å². The largest absolute Gasteiger partial charge is 0.478 e. The topological polar surface area (TPSA) is 64.4 Å². The Bertz CT molecular complexity index is 1260. The van der Waals surface area contributed by atoms with Crippen molar-refractivity contribution < 1.29 is 13.9 Å². The summed E-state index contributed by atoms with van der Waals surface area (Å²) in [6.07, 6.45) is 0. The predicted molar refractivity (Wildman–Crippen MR) is 132 cm³/mol. The van der Waals surface area contributed by atoms with Crippen LogP contribution in [0.2, 0.25) is 5.02 Å². The number of amides is 1. The number of fused-ring (bicyclic) bond motifs is 1. The Morgan fingerprint density at radius 2 is 1.76 bits per heavy atom. The highest BCUT2D eigenvalue weighted by atomic mass is 35.5. The first kappa shape index (κ1) is 22.9. The third kappa shape index (κ3) is 5.37. The van der Waals surface area contributed by atoms with Crippen LogP contribution in [0.15, 0.2) is 71.1 Å². The van der Waals surface area contributed by atoms with Gasteiger partial charge in [0, 0.05) is 17.1 Å². The highest BCUT2D eigenvalue weighted by Crippen LogP contribution is 2.27. The molecule has 0 aliphatic rings. The van der Waals surface area contributed by atoms with Gasteiger partial charge in [0.2, 0.25) is 5.89 Å². The van der Waals surface area contributed by atoms with Crippen LogP contribution in [0.4, 0.5) is 0 Å². The number of hydrogen-bond acceptors (Lipinski definition) is 4. The number of nitrogens with zero attached hydrogens (tertiary/aromatic N) is 1. The Kier molecular flexibility index (Phi) is 6.43. The molecule has 6 heteroatoms. The van der Waals surface area contributed by atoms with Crippen LogP contribution in [0.25, 0.3) is 22.6 Å². The minimum Gasteiger partial charge on any atom is -0.478 e. The molecule has 0 atom stereocenters. The van der Waals surface area contributed by atoms with Gasteiger partial charge in [-0.1, -0.05) is 43.6 Å². The van der Waals surface area contributed by atoms with E-state index < -0.39 is 5.60 Å². The van der Waals surface area contributed by atoms with E-state index >= 15 is 0 Å². The molecule has 4 aromatic rings. The maximum absolute atomic E-state index is 12.7. The van der Waals surface area contributed by atoms with Gasteiger partial charge in [0.05, 0.1) is 0 Å². The second-order valence-electron chi connectivity index (χ2n) is 8.85. The van der Waals surface area contributed by atoms with Crippen LogP contribution in [0.5, 0.6) is 5.75 Å². The molecule has 3 aromatic carbocycles. The van der Waals surface area contributed by atoms with Crippen molar-refractivity contribution in [3.63, 3.8) is 0 Å². The summed E-state index contributed by atoms with van der Waals surface area (Å²) in [5, 5.41) is 3.56. The van der Waals surface area contributed by atoms with Crippen LogP contribution < -0.4 is 10.1 Å². The zero-order valence-corrected chi connectivity index (χ0v) is 19.9. The summed E-state index contributed by atoms with van der Waals surface area (Å²) in [6.45, 7) is 8.17. The molecule has 1 aromatic heterocycles. The summed E-state index contributed by atoms with van der Waals surface area (Å²) < 4.78 is 11.8. The van der Waals surface area contributed by atoms with Crippen molar-refractivity contribution >= 4 is 28.6 Å². The summed E-state index contributed by atoms with van der Waals surface area (Å²) in [5.41, 5.74) is 3.69. The highest BCUT2D eigenvalue weighted by molar-refractivity contribution is 6.30. The second-order valence-corrected chi connectivity index (χ2v) is 9.28. The lowest BCUT2D eigenvalue weighted by molar-refractivity contribution is -0.134. The fraction of sp³-hybridized carbons (Fsp3) is 0.259. The van der Waals surface area contributed by atoms with E-state index in [1.807, 2.05) is 30.3 Å². The van der Waals surface area contributed by atoms with Gasteiger partial charge >= 0.3 is 0 Å². The molecule has 0 radical (unpaired) electrons. The molecule has 0 aliphatic heterocycles. The van der Waals surface area contributed by atoms with Gasteiger partial charge in [0.25, 0.3) is 5.91 Å². The molecule has 33 heavy (non-hydrogen) atoms. The molecule has 0 saturated carbocycles. The summed E-state index contributed by atoms with van der Waals surface area (Å²) in [5.74, 6) is 1.40. The smallest absolute Gasteiger partial charge is 0.263 e. The maximum atomic E-state index is 12.7. The summed E-state index contributed by atoms with van der Waals surface area (Å²) >= 11 is 5.91. The van der Waals surface area contributed by atoms with Crippen molar-refractivity contribution in [2.75, 3.05) is 0 Å². The zero-order valence-electron chi connectivity index (χ0n) is 19.2. The summed E-state index contributed by atoms with van der Waals surface area (Å²) in [4.78, 5) is 17.3. The SMILES string of the molecule is CC(C)c1ccc2oc(-c3ccc(CNC(=O)C(C)(C)Oc4ccc(Cl)cc4)cc3)nc2c1. The number of ether oxygens (including phenoxy) is 1. The minimum absolute atomic E-state index is 0.207. The molecular formula is C27H27ClN2O3. The van der Waals surface area contributed by atoms with Gasteiger partial charge in [-0.05, 0) is 79.4 Å². The third-order valence-corrected chi connectivity index (χ3v) is 5.72. The minimum atomic E-state index is -1.03. The molecule has 1 heterocycles. The summed E-state index contributed by atoms with van der Waals surface area (Å²) in [6, 6.07) is 20.9. The first-order valence-corrected chi connectivity index (χ1v) is 11.3. The lowest BCUT2D eigenvalue weighted by atomic mass is 10.0. The standard InChI is InChI=1S/C27H27ClN2O3/c1-17(2)20-9-14-24-23(15-20)30-25(32-24)19-7-5-18(6-8-19)16-29-26(31)27(3,4)33-22-12-10-21(28)11-13-22/h5-15,17H,16H2,1-4H3,(H,29,31). The fourth-order valence-corrected chi connectivity index (χ4v) is 3.56. The van der Waals surface area contributed by atoms with Gasteiger partial charge in [-0.25, -0.2) is 4.98 Å². The van der Waals surface area contributed by atoms with Crippen molar-refractivity contribution in [2.45, 2.75) is 45.8 Å². The first-order chi connectivity index (χ1) is 15.7. The number of carbonyl (C=O) groups excluding carboxylic acids is 1. The molecule has 0 bridgehead atoms. The van der Waals surface area contributed by atoms with Gasteiger partial charge < -0.3 is 14.5 Å². The van der Waals surface area contributed by atoms with Crippen molar-refractivity contribution in [2.24, 2.45) is 0 Å². The number of halogens is 1. The van der Waals surface area contributed by atoms with E-state index in [4.69, 9.17) is 20.8 Å². The van der Waals surface area contributed by atoms with Crippen LogP contribution >= 0.6 is 11.6 Å². The lowest BCUT2D eigenvalue weighted by Gasteiger charge is -2.25. The fourth-order valence-electron chi connectivity index (χ4n) is 3.43. The Labute approximate surface area is 198 Å². The predicted octanol–water partition coefficient (Wildman–Crippen LogP) is 6.75. The van der Waals surface area contributed by atoms with E-state index in [-0.39, 0.29) is 5.91 Å². The molecule has 0 aliphatic carbocycles. The number of nitrogens with one attached hydrogen (secondary N) is 1. The number of aromatic nitrogens is 1. The maximum Gasteiger partial charge on any atom is 0.263 e. The van der Waals surface area contributed by atoms with Crippen molar-refractivity contribution in [3.05, 3.63) is 82.9 Å². The van der Waals surface area contributed by atoms with E-state index in [9.17, 15) is 4.79 Å². The van der Waals surface area contributed by atoms with Crippen molar-refractivity contribution in [1.29, 1.82) is 0 Å². The van der Waals surface area contributed by atoms with Crippen LogP contribution in [0.1, 0.15) is 44.7 Å². The molecule has 1 N–H and O–H groups in total. The number of benzene rings is 3. The average molecular weight is 463 g/mol. The van der Waals surface area contributed by atoms with Gasteiger partial charge in [-0.15, -0.1) is 0 Å². The zero-order chi connectivity index (χ0) is 23.6. The van der Waals surface area contributed by atoms with Gasteiger partial charge in [0.15, 0.2) is 11.2 Å². The van der Waals surface area contributed by atoms with Gasteiger partial charge in [-0.2, -0.15) is 0 Å². The highest BCUT2D eigenvalue weighted by Gasteiger charge is 2.29. The lowest BCUT2D eigenvalue weighted by Crippen LogP contribution is -2.46. The third-order valence-electron chi connectivity index (χ3n) is 5.47. The van der Waals surface area contributed by atoms with Crippen molar-refractivity contribution in [1.82, 2.24) is 10.3 Å². The molecule has 0 saturated heterocycles. The molecule has 0 spiro atoms. The number of carbonyl (C=O) groups is 1. The van der Waals surface area contributed by atoms with Crippen LogP contribution in [0.3, 0.4) is 0 Å². The van der Waals surface area contributed by atoms with Gasteiger partial charge in [-0.3, -0.25) is 4.79 Å². The average Bonchev–Trinajstić information content (AvgIpc) is 3.22. The molecule has 5 nitrogen and oxygen atoms in total. The number of oxazole rings is 1.